The normalized spacial score (nSPS) is 14.1. The van der Waals surface area contributed by atoms with E-state index in [1.165, 1.54) is 7.11 Å². The Balaban J connectivity index is 1.35. The van der Waals surface area contributed by atoms with Crippen molar-refractivity contribution in [1.82, 2.24) is 10.3 Å². The highest BCUT2D eigenvalue weighted by molar-refractivity contribution is 7.13. The summed E-state index contributed by atoms with van der Waals surface area (Å²) in [6, 6.07) is 16.6. The molecule has 0 bridgehead atoms. The van der Waals surface area contributed by atoms with E-state index in [-0.39, 0.29) is 18.1 Å². The average molecular weight is 671 g/mol. The van der Waals surface area contributed by atoms with Gasteiger partial charge >= 0.3 is 12.1 Å². The Morgan fingerprint density at radius 1 is 0.958 bits per heavy atom. The number of hydrogen-bond donors (Lipinski definition) is 2. The SMILES string of the molecule is COC(=O)c1nc(N2CCOCC2)ccc1-c1cc2c(cc1C(=O)Nc1ccc(CNC(=O)OC(C)(C)C)cc1)-c1sccc1CCO2. The minimum Gasteiger partial charge on any atom is -0.493 e. The summed E-state index contributed by atoms with van der Waals surface area (Å²) in [6.07, 6.45) is 0.232. The highest BCUT2D eigenvalue weighted by Crippen LogP contribution is 2.43. The van der Waals surface area contributed by atoms with Gasteiger partial charge in [-0.2, -0.15) is 0 Å². The van der Waals surface area contributed by atoms with E-state index < -0.39 is 17.7 Å². The van der Waals surface area contributed by atoms with Crippen LogP contribution in [0.2, 0.25) is 0 Å². The molecule has 12 heteroatoms. The molecule has 2 amide bonds. The molecule has 1 saturated heterocycles. The third-order valence-corrected chi connectivity index (χ3v) is 8.91. The van der Waals surface area contributed by atoms with E-state index in [2.05, 4.69) is 21.6 Å². The Labute approximate surface area is 283 Å². The number of anilines is 2. The molecule has 1 fully saturated rings. The van der Waals surface area contributed by atoms with Crippen molar-refractivity contribution < 1.29 is 33.3 Å². The fraction of sp³-hybridized carbons (Fsp3) is 0.333. The molecule has 2 aliphatic heterocycles. The number of fused-ring (bicyclic) bond motifs is 3. The van der Waals surface area contributed by atoms with Crippen LogP contribution in [0.4, 0.5) is 16.3 Å². The quantitative estimate of drug-likeness (QED) is 0.217. The van der Waals surface area contributed by atoms with Crippen molar-refractivity contribution in [3.63, 3.8) is 0 Å². The predicted octanol–water partition coefficient (Wildman–Crippen LogP) is 6.31. The summed E-state index contributed by atoms with van der Waals surface area (Å²) in [5.41, 5.74) is 4.16. The Kier molecular flexibility index (Phi) is 9.65. The average Bonchev–Trinajstić information content (AvgIpc) is 3.48. The molecule has 4 aromatic rings. The number of esters is 1. The van der Waals surface area contributed by atoms with Gasteiger partial charge in [-0.05, 0) is 79.7 Å². The van der Waals surface area contributed by atoms with Gasteiger partial charge in [-0.3, -0.25) is 4.79 Å². The first-order chi connectivity index (χ1) is 23.1. The lowest BCUT2D eigenvalue weighted by Gasteiger charge is -2.28. The minimum absolute atomic E-state index is 0.0998. The molecule has 2 N–H and O–H groups in total. The standard InChI is InChI=1S/C36H38N4O7S/c1-36(2,3)47-35(43)37-21-22-5-7-24(8-6-22)38-33(41)27-19-28-29(46-15-11-23-12-18-48-32(23)28)20-26(27)25-9-10-30(39-31(25)34(42)44-4)40-13-16-45-17-14-40/h5-10,12,18-20H,11,13-17,21H2,1-4H3,(H,37,43)(H,38,41). The van der Waals surface area contributed by atoms with Gasteiger partial charge in [0.05, 0.1) is 26.9 Å². The second kappa shape index (κ2) is 14.0. The number of methoxy groups -OCH3 is 1. The van der Waals surface area contributed by atoms with Crippen molar-refractivity contribution in [3.8, 4) is 27.3 Å². The molecule has 2 aliphatic rings. The maximum Gasteiger partial charge on any atom is 0.407 e. The number of aromatic nitrogens is 1. The highest BCUT2D eigenvalue weighted by Gasteiger charge is 2.27. The molecule has 0 spiro atoms. The summed E-state index contributed by atoms with van der Waals surface area (Å²) < 4.78 is 22.2. The molecule has 0 atom stereocenters. The Bertz CT molecular complexity index is 1820. The zero-order valence-electron chi connectivity index (χ0n) is 27.4. The van der Waals surface area contributed by atoms with Crippen LogP contribution in [0.15, 0.2) is 60.0 Å². The molecule has 48 heavy (non-hydrogen) atoms. The molecule has 0 saturated carbocycles. The van der Waals surface area contributed by atoms with Crippen LogP contribution in [-0.4, -0.2) is 68.6 Å². The predicted molar refractivity (Wildman–Crippen MR) is 184 cm³/mol. The lowest BCUT2D eigenvalue weighted by atomic mass is 9.93. The molecule has 250 valence electrons. The molecule has 0 radical (unpaired) electrons. The van der Waals surface area contributed by atoms with Crippen LogP contribution in [0.1, 0.15) is 52.7 Å². The number of nitrogens with zero attached hydrogens (tertiary/aromatic N) is 2. The van der Waals surface area contributed by atoms with E-state index in [1.807, 2.05) is 41.8 Å². The van der Waals surface area contributed by atoms with E-state index in [0.717, 1.165) is 28.0 Å². The number of ether oxygens (including phenoxy) is 4. The second-order valence-corrected chi connectivity index (χ2v) is 13.3. The molecule has 11 nitrogen and oxygen atoms in total. The molecule has 0 unspecified atom stereocenters. The van der Waals surface area contributed by atoms with Gasteiger partial charge in [-0.1, -0.05) is 12.1 Å². The number of rotatable bonds is 7. The number of morpholine rings is 1. The van der Waals surface area contributed by atoms with Crippen LogP contribution in [0.3, 0.4) is 0 Å². The number of carbonyl (C=O) groups is 3. The number of amides is 2. The topological polar surface area (TPSA) is 128 Å². The van der Waals surface area contributed by atoms with Gasteiger partial charge in [-0.15, -0.1) is 11.3 Å². The number of nitrogens with one attached hydrogen (secondary N) is 2. The van der Waals surface area contributed by atoms with Gasteiger partial charge in [0.1, 0.15) is 17.2 Å². The van der Waals surface area contributed by atoms with Gasteiger partial charge in [0, 0.05) is 58.9 Å². The maximum absolute atomic E-state index is 14.1. The first-order valence-electron chi connectivity index (χ1n) is 15.8. The van der Waals surface area contributed by atoms with Crippen molar-refractivity contribution in [2.24, 2.45) is 0 Å². The Morgan fingerprint density at radius 2 is 1.73 bits per heavy atom. The zero-order chi connectivity index (χ0) is 33.8. The molecular weight excluding hydrogens is 632 g/mol. The van der Waals surface area contributed by atoms with Crippen LogP contribution in [0, 0.1) is 0 Å². The van der Waals surface area contributed by atoms with Crippen molar-refractivity contribution in [2.75, 3.05) is 50.2 Å². The number of carbonyl (C=O) groups excluding carboxylic acids is 3. The van der Waals surface area contributed by atoms with E-state index in [4.69, 9.17) is 23.9 Å². The first-order valence-corrected chi connectivity index (χ1v) is 16.6. The van der Waals surface area contributed by atoms with Crippen molar-refractivity contribution in [1.29, 1.82) is 0 Å². The number of pyridine rings is 1. The van der Waals surface area contributed by atoms with Crippen molar-refractivity contribution in [3.05, 3.63) is 82.4 Å². The number of benzene rings is 2. The van der Waals surface area contributed by atoms with Crippen LogP contribution in [0.25, 0.3) is 21.6 Å². The zero-order valence-corrected chi connectivity index (χ0v) is 28.2. The van der Waals surface area contributed by atoms with Crippen LogP contribution in [-0.2, 0) is 27.2 Å². The molecule has 6 rings (SSSR count). The molecule has 2 aromatic carbocycles. The summed E-state index contributed by atoms with van der Waals surface area (Å²) in [4.78, 5) is 47.2. The van der Waals surface area contributed by atoms with E-state index >= 15 is 0 Å². The molecule has 4 heterocycles. The van der Waals surface area contributed by atoms with E-state index in [1.54, 1.807) is 44.2 Å². The smallest absolute Gasteiger partial charge is 0.407 e. The van der Waals surface area contributed by atoms with Crippen LogP contribution in [0.5, 0.6) is 5.75 Å². The van der Waals surface area contributed by atoms with E-state index in [0.29, 0.717) is 66.9 Å². The fourth-order valence-electron chi connectivity index (χ4n) is 5.61. The molecule has 2 aromatic heterocycles. The number of thiophene rings is 1. The van der Waals surface area contributed by atoms with Gasteiger partial charge in [-0.25, -0.2) is 14.6 Å². The summed E-state index contributed by atoms with van der Waals surface area (Å²) in [7, 11) is 1.31. The highest BCUT2D eigenvalue weighted by atomic mass is 32.1. The van der Waals surface area contributed by atoms with E-state index in [9.17, 15) is 14.4 Å². The Morgan fingerprint density at radius 3 is 2.46 bits per heavy atom. The summed E-state index contributed by atoms with van der Waals surface area (Å²) in [5, 5.41) is 7.79. The van der Waals surface area contributed by atoms with Crippen LogP contribution < -0.4 is 20.3 Å². The monoisotopic (exact) mass is 670 g/mol. The lowest BCUT2D eigenvalue weighted by Crippen LogP contribution is -2.37. The van der Waals surface area contributed by atoms with Gasteiger partial charge in [0.15, 0.2) is 5.69 Å². The lowest BCUT2D eigenvalue weighted by molar-refractivity contribution is 0.0522. The van der Waals surface area contributed by atoms with Gasteiger partial charge in [0.25, 0.3) is 5.91 Å². The van der Waals surface area contributed by atoms with Gasteiger partial charge < -0.3 is 34.5 Å². The minimum atomic E-state index is -0.613. The molecule has 0 aliphatic carbocycles. The third kappa shape index (κ3) is 7.45. The summed E-state index contributed by atoms with van der Waals surface area (Å²) >= 11 is 1.60. The fourth-order valence-corrected chi connectivity index (χ4v) is 6.58. The summed E-state index contributed by atoms with van der Waals surface area (Å²) in [6.45, 7) is 8.58. The number of alkyl carbamates (subject to hydrolysis) is 1. The van der Waals surface area contributed by atoms with Crippen LogP contribution >= 0.6 is 11.3 Å². The third-order valence-electron chi connectivity index (χ3n) is 7.92. The number of hydrogen-bond acceptors (Lipinski definition) is 10. The van der Waals surface area contributed by atoms with Gasteiger partial charge in [0.2, 0.25) is 0 Å². The van der Waals surface area contributed by atoms with Crippen molar-refractivity contribution >= 4 is 40.8 Å². The molecular formula is C36H38N4O7S. The largest absolute Gasteiger partial charge is 0.493 e. The summed E-state index contributed by atoms with van der Waals surface area (Å²) in [5.74, 6) is 0.267. The first kappa shape index (κ1) is 33.0. The maximum atomic E-state index is 14.1. The van der Waals surface area contributed by atoms with Crippen molar-refractivity contribution in [2.45, 2.75) is 39.3 Å². The second-order valence-electron chi connectivity index (χ2n) is 12.4. The Hall–Kier alpha value is -4.94.